The van der Waals surface area contributed by atoms with Crippen molar-refractivity contribution in [2.45, 2.75) is 12.8 Å². The molecule has 0 unspecified atom stereocenters. The normalized spacial score (nSPS) is 18.4. The van der Waals surface area contributed by atoms with Gasteiger partial charge in [0.25, 0.3) is 0 Å². The van der Waals surface area contributed by atoms with Crippen molar-refractivity contribution in [1.82, 2.24) is 0 Å². The van der Waals surface area contributed by atoms with Crippen LogP contribution in [0.25, 0.3) is 0 Å². The van der Waals surface area contributed by atoms with Gasteiger partial charge in [-0.1, -0.05) is 17.7 Å². The molecule has 0 bridgehead atoms. The van der Waals surface area contributed by atoms with Crippen molar-refractivity contribution in [2.24, 2.45) is 0 Å². The van der Waals surface area contributed by atoms with Gasteiger partial charge in [0.15, 0.2) is 0 Å². The largest absolute Gasteiger partial charge is 0.501 e. The lowest BCUT2D eigenvalue weighted by Crippen LogP contribution is -1.91. The highest BCUT2D eigenvalue weighted by atomic mass is 35.5. The fourth-order valence-corrected chi connectivity index (χ4v) is 1.01. The number of hydrogen-bond acceptors (Lipinski definition) is 1. The average Bonchev–Trinajstić information content (AvgIpc) is 1.88. The molecule has 0 amide bonds. The van der Waals surface area contributed by atoms with Crippen LogP contribution in [0.2, 0.25) is 0 Å². The van der Waals surface area contributed by atoms with E-state index < -0.39 is 0 Å². The van der Waals surface area contributed by atoms with E-state index in [1.807, 2.05) is 12.2 Å². The number of methoxy groups -OCH3 is 1. The molecular weight excluding hydrogens is 136 g/mol. The molecule has 0 aromatic carbocycles. The van der Waals surface area contributed by atoms with Crippen LogP contribution in [0, 0.1) is 0 Å². The van der Waals surface area contributed by atoms with Crippen LogP contribution in [0.15, 0.2) is 22.9 Å². The Kier molecular flexibility index (Phi) is 2.17. The van der Waals surface area contributed by atoms with Crippen molar-refractivity contribution in [2.75, 3.05) is 7.11 Å². The molecule has 0 heterocycles. The maximum Gasteiger partial charge on any atom is 0.0971 e. The van der Waals surface area contributed by atoms with Crippen LogP contribution in [0.3, 0.4) is 0 Å². The minimum atomic E-state index is 0.762. The van der Waals surface area contributed by atoms with E-state index in [1.165, 1.54) is 0 Å². The molecule has 0 N–H and O–H groups in total. The second-order valence-electron chi connectivity index (χ2n) is 1.94. The molecular formula is C7H9ClO. The van der Waals surface area contributed by atoms with Crippen LogP contribution in [-0.4, -0.2) is 7.11 Å². The minimum Gasteiger partial charge on any atom is -0.501 e. The molecule has 0 aromatic rings. The third-order valence-corrected chi connectivity index (χ3v) is 1.58. The van der Waals surface area contributed by atoms with Crippen molar-refractivity contribution in [1.29, 1.82) is 0 Å². The third-order valence-electron chi connectivity index (χ3n) is 1.29. The Morgan fingerprint density at radius 3 is 2.78 bits per heavy atom. The van der Waals surface area contributed by atoms with Gasteiger partial charge >= 0.3 is 0 Å². The van der Waals surface area contributed by atoms with E-state index in [-0.39, 0.29) is 0 Å². The SMILES string of the molecule is COC1=CCC=C(Cl)C1. The van der Waals surface area contributed by atoms with Crippen LogP contribution < -0.4 is 0 Å². The summed E-state index contributed by atoms with van der Waals surface area (Å²) in [4.78, 5) is 0. The molecule has 0 radical (unpaired) electrons. The molecule has 1 aliphatic carbocycles. The molecule has 0 spiro atoms. The molecule has 1 nitrogen and oxygen atoms in total. The fourth-order valence-electron chi connectivity index (χ4n) is 0.785. The lowest BCUT2D eigenvalue weighted by atomic mass is 10.2. The quantitative estimate of drug-likeness (QED) is 0.549. The van der Waals surface area contributed by atoms with Gasteiger partial charge in [-0.15, -0.1) is 0 Å². The van der Waals surface area contributed by atoms with Gasteiger partial charge in [0, 0.05) is 11.5 Å². The Morgan fingerprint density at radius 2 is 2.33 bits per heavy atom. The van der Waals surface area contributed by atoms with E-state index in [0.29, 0.717) is 0 Å². The Labute approximate surface area is 60.0 Å². The van der Waals surface area contributed by atoms with Crippen LogP contribution in [-0.2, 0) is 4.74 Å². The molecule has 0 aromatic heterocycles. The zero-order valence-electron chi connectivity index (χ0n) is 5.36. The van der Waals surface area contributed by atoms with Gasteiger partial charge in [-0.25, -0.2) is 0 Å². The molecule has 9 heavy (non-hydrogen) atoms. The topological polar surface area (TPSA) is 9.23 Å². The van der Waals surface area contributed by atoms with E-state index in [2.05, 4.69) is 0 Å². The summed E-state index contributed by atoms with van der Waals surface area (Å²) >= 11 is 5.73. The highest BCUT2D eigenvalue weighted by Gasteiger charge is 2.02. The Balaban J connectivity index is 2.51. The maximum absolute atomic E-state index is 5.73. The standard InChI is InChI=1S/C7H9ClO/c1-9-7-4-2-3-6(8)5-7/h3-4H,2,5H2,1H3. The molecule has 1 rings (SSSR count). The van der Waals surface area contributed by atoms with E-state index in [4.69, 9.17) is 16.3 Å². The van der Waals surface area contributed by atoms with Gasteiger partial charge in [0.1, 0.15) is 0 Å². The van der Waals surface area contributed by atoms with Crippen LogP contribution in [0.5, 0.6) is 0 Å². The lowest BCUT2D eigenvalue weighted by molar-refractivity contribution is 0.281. The lowest BCUT2D eigenvalue weighted by Gasteiger charge is -2.08. The Morgan fingerprint density at radius 1 is 1.56 bits per heavy atom. The summed E-state index contributed by atoms with van der Waals surface area (Å²) in [5.74, 6) is 0.975. The fraction of sp³-hybridized carbons (Fsp3) is 0.429. The molecule has 0 atom stereocenters. The summed E-state index contributed by atoms with van der Waals surface area (Å²) in [6.45, 7) is 0. The van der Waals surface area contributed by atoms with Gasteiger partial charge < -0.3 is 4.74 Å². The zero-order valence-corrected chi connectivity index (χ0v) is 6.11. The molecule has 2 heteroatoms. The second-order valence-corrected chi connectivity index (χ2v) is 2.42. The predicted octanol–water partition coefficient (Wildman–Crippen LogP) is 2.43. The Bertz CT molecular complexity index is 158. The summed E-state index contributed by atoms with van der Waals surface area (Å²) < 4.78 is 5.00. The van der Waals surface area contributed by atoms with Gasteiger partial charge in [0.2, 0.25) is 0 Å². The van der Waals surface area contributed by atoms with E-state index in [1.54, 1.807) is 7.11 Å². The van der Waals surface area contributed by atoms with Gasteiger partial charge in [0.05, 0.1) is 12.9 Å². The van der Waals surface area contributed by atoms with E-state index in [0.717, 1.165) is 23.6 Å². The summed E-state index contributed by atoms with van der Waals surface area (Å²) in [5, 5.41) is 0.884. The zero-order chi connectivity index (χ0) is 6.69. The average molecular weight is 145 g/mol. The summed E-state index contributed by atoms with van der Waals surface area (Å²) in [7, 11) is 1.67. The van der Waals surface area contributed by atoms with Gasteiger partial charge in [-0.05, 0) is 12.5 Å². The van der Waals surface area contributed by atoms with Crippen LogP contribution in [0.4, 0.5) is 0 Å². The van der Waals surface area contributed by atoms with Crippen LogP contribution in [0.1, 0.15) is 12.8 Å². The van der Waals surface area contributed by atoms with Crippen molar-refractivity contribution in [3.8, 4) is 0 Å². The summed E-state index contributed by atoms with van der Waals surface area (Å²) in [6.07, 6.45) is 5.69. The molecule has 0 fully saturated rings. The first kappa shape index (κ1) is 6.69. The number of halogens is 1. The Hall–Kier alpha value is -0.430. The highest BCUT2D eigenvalue weighted by molar-refractivity contribution is 6.29. The molecule has 1 aliphatic rings. The number of ether oxygens (including phenoxy) is 1. The van der Waals surface area contributed by atoms with Gasteiger partial charge in [-0.2, -0.15) is 0 Å². The maximum atomic E-state index is 5.73. The van der Waals surface area contributed by atoms with Gasteiger partial charge in [-0.3, -0.25) is 0 Å². The monoisotopic (exact) mass is 144 g/mol. The smallest absolute Gasteiger partial charge is 0.0971 e. The highest BCUT2D eigenvalue weighted by Crippen LogP contribution is 2.20. The minimum absolute atomic E-state index is 0.762. The van der Waals surface area contributed by atoms with E-state index >= 15 is 0 Å². The van der Waals surface area contributed by atoms with Crippen molar-refractivity contribution < 1.29 is 4.74 Å². The predicted molar refractivity (Wildman–Crippen MR) is 38.3 cm³/mol. The third kappa shape index (κ3) is 1.75. The summed E-state index contributed by atoms with van der Waals surface area (Å²) in [5.41, 5.74) is 0. The number of hydrogen-bond donors (Lipinski definition) is 0. The second kappa shape index (κ2) is 2.92. The first-order chi connectivity index (χ1) is 4.33. The van der Waals surface area contributed by atoms with E-state index in [9.17, 15) is 0 Å². The molecule has 0 aliphatic heterocycles. The van der Waals surface area contributed by atoms with Crippen LogP contribution >= 0.6 is 11.6 Å². The first-order valence-electron chi connectivity index (χ1n) is 2.90. The molecule has 0 saturated carbocycles. The number of rotatable bonds is 1. The van der Waals surface area contributed by atoms with Crippen molar-refractivity contribution in [3.63, 3.8) is 0 Å². The summed E-state index contributed by atoms with van der Waals surface area (Å²) in [6, 6.07) is 0. The molecule has 50 valence electrons. The number of allylic oxidation sites excluding steroid dienone is 3. The first-order valence-corrected chi connectivity index (χ1v) is 3.28. The van der Waals surface area contributed by atoms with Crippen molar-refractivity contribution >= 4 is 11.6 Å². The molecule has 0 saturated heterocycles. The van der Waals surface area contributed by atoms with Crippen molar-refractivity contribution in [3.05, 3.63) is 22.9 Å².